The summed E-state index contributed by atoms with van der Waals surface area (Å²) < 4.78 is 0. The van der Waals surface area contributed by atoms with Gasteiger partial charge in [0.1, 0.15) is 0 Å². The number of fused-ring (bicyclic) bond motifs is 1. The lowest BCUT2D eigenvalue weighted by atomic mass is 9.88. The first-order valence-electron chi connectivity index (χ1n) is 9.79. The Bertz CT molecular complexity index is 685. The third-order valence-electron chi connectivity index (χ3n) is 6.14. The van der Waals surface area contributed by atoms with Crippen molar-refractivity contribution < 1.29 is 0 Å². The average Bonchev–Trinajstić information content (AvgIpc) is 3.07. The molecule has 1 fully saturated rings. The topological polar surface area (TPSA) is 35.2 Å². The molecule has 1 atom stereocenters. The number of nitrogens with zero attached hydrogens (tertiary/aromatic N) is 3. The highest BCUT2D eigenvalue weighted by Crippen LogP contribution is 2.33. The lowest BCUT2D eigenvalue weighted by molar-refractivity contribution is 0.109. The Kier molecular flexibility index (Phi) is 4.91. The molecule has 1 aromatic heterocycles. The minimum Gasteiger partial charge on any atom is -0.306 e. The molecule has 1 aromatic carbocycles. The van der Waals surface area contributed by atoms with Crippen LogP contribution in [0.3, 0.4) is 0 Å². The van der Waals surface area contributed by atoms with E-state index in [0.717, 1.165) is 25.4 Å². The number of hydrogen-bond donors (Lipinski definition) is 1. The number of H-pyrrole nitrogens is 1. The molecule has 4 rings (SSSR count). The van der Waals surface area contributed by atoms with Crippen LogP contribution in [0, 0.1) is 0 Å². The van der Waals surface area contributed by atoms with Crippen LogP contribution in [0.25, 0.3) is 0 Å². The highest BCUT2D eigenvalue weighted by Gasteiger charge is 2.30. The molecule has 25 heavy (non-hydrogen) atoms. The van der Waals surface area contributed by atoms with Crippen molar-refractivity contribution in [2.24, 2.45) is 0 Å². The summed E-state index contributed by atoms with van der Waals surface area (Å²) in [5.41, 5.74) is 5.51. The SMILES string of the molecule is CCC(c1ccccc1)c1n[nH]c2c1CN(C1CCN(C)CC1)CC2. The summed E-state index contributed by atoms with van der Waals surface area (Å²) in [6, 6.07) is 11.6. The molecule has 0 aliphatic carbocycles. The first-order chi connectivity index (χ1) is 12.3. The lowest BCUT2D eigenvalue weighted by Crippen LogP contribution is -2.45. The molecule has 0 radical (unpaired) electrons. The Hall–Kier alpha value is -1.65. The second-order valence-electron chi connectivity index (χ2n) is 7.69. The molecule has 4 nitrogen and oxygen atoms in total. The maximum absolute atomic E-state index is 4.78. The van der Waals surface area contributed by atoms with E-state index in [-0.39, 0.29) is 0 Å². The van der Waals surface area contributed by atoms with Crippen LogP contribution in [-0.2, 0) is 13.0 Å². The lowest BCUT2D eigenvalue weighted by Gasteiger charge is -2.39. The summed E-state index contributed by atoms with van der Waals surface area (Å²) in [5, 5.41) is 8.13. The highest BCUT2D eigenvalue weighted by atomic mass is 15.2. The summed E-state index contributed by atoms with van der Waals surface area (Å²) >= 11 is 0. The van der Waals surface area contributed by atoms with E-state index in [1.807, 2.05) is 0 Å². The van der Waals surface area contributed by atoms with Gasteiger partial charge in [-0.25, -0.2) is 0 Å². The average molecular weight is 338 g/mol. The third-order valence-corrected chi connectivity index (χ3v) is 6.14. The van der Waals surface area contributed by atoms with Gasteiger partial charge in [-0.2, -0.15) is 5.10 Å². The first-order valence-corrected chi connectivity index (χ1v) is 9.79. The quantitative estimate of drug-likeness (QED) is 0.928. The zero-order valence-corrected chi connectivity index (χ0v) is 15.5. The van der Waals surface area contributed by atoms with Crippen molar-refractivity contribution in [3.63, 3.8) is 0 Å². The Morgan fingerprint density at radius 2 is 1.92 bits per heavy atom. The van der Waals surface area contributed by atoms with Gasteiger partial charge in [-0.1, -0.05) is 37.3 Å². The van der Waals surface area contributed by atoms with Gasteiger partial charge in [0, 0.05) is 42.7 Å². The zero-order chi connectivity index (χ0) is 17.2. The fourth-order valence-corrected chi connectivity index (χ4v) is 4.57. The number of aromatic amines is 1. The van der Waals surface area contributed by atoms with E-state index in [1.165, 1.54) is 55.0 Å². The van der Waals surface area contributed by atoms with Crippen molar-refractivity contribution in [1.29, 1.82) is 0 Å². The summed E-state index contributed by atoms with van der Waals surface area (Å²) in [7, 11) is 2.24. The van der Waals surface area contributed by atoms with Crippen molar-refractivity contribution in [2.75, 3.05) is 26.7 Å². The van der Waals surface area contributed by atoms with Crippen LogP contribution in [0.5, 0.6) is 0 Å². The van der Waals surface area contributed by atoms with Gasteiger partial charge < -0.3 is 4.90 Å². The molecule has 0 amide bonds. The maximum atomic E-state index is 4.78. The molecule has 0 saturated carbocycles. The largest absolute Gasteiger partial charge is 0.306 e. The monoisotopic (exact) mass is 338 g/mol. The van der Waals surface area contributed by atoms with Crippen LogP contribution in [0.15, 0.2) is 30.3 Å². The fourth-order valence-electron chi connectivity index (χ4n) is 4.57. The van der Waals surface area contributed by atoms with E-state index in [2.05, 4.69) is 59.2 Å². The second-order valence-corrected chi connectivity index (χ2v) is 7.69. The second kappa shape index (κ2) is 7.30. The molecule has 4 heteroatoms. The molecule has 2 aromatic rings. The molecule has 2 aliphatic rings. The number of benzene rings is 1. The fraction of sp³-hybridized carbons (Fsp3) is 0.571. The summed E-state index contributed by atoms with van der Waals surface area (Å²) in [6.45, 7) is 6.97. The summed E-state index contributed by atoms with van der Waals surface area (Å²) in [6.07, 6.45) is 4.80. The van der Waals surface area contributed by atoms with Gasteiger partial charge in [0.05, 0.1) is 5.69 Å². The molecule has 1 N–H and O–H groups in total. The molecule has 1 unspecified atom stereocenters. The van der Waals surface area contributed by atoms with Crippen molar-refractivity contribution >= 4 is 0 Å². The van der Waals surface area contributed by atoms with Gasteiger partial charge in [-0.15, -0.1) is 0 Å². The number of piperidine rings is 1. The predicted octanol–water partition coefficient (Wildman–Crippen LogP) is 3.40. The summed E-state index contributed by atoms with van der Waals surface area (Å²) in [5.74, 6) is 0.402. The van der Waals surface area contributed by atoms with Crippen molar-refractivity contribution in [1.82, 2.24) is 20.0 Å². The van der Waals surface area contributed by atoms with Crippen LogP contribution in [0.1, 0.15) is 54.6 Å². The number of aromatic nitrogens is 2. The van der Waals surface area contributed by atoms with E-state index in [4.69, 9.17) is 5.10 Å². The smallest absolute Gasteiger partial charge is 0.0744 e. The van der Waals surface area contributed by atoms with Gasteiger partial charge in [-0.3, -0.25) is 10.00 Å². The van der Waals surface area contributed by atoms with E-state index in [1.54, 1.807) is 0 Å². The maximum Gasteiger partial charge on any atom is 0.0744 e. The van der Waals surface area contributed by atoms with Crippen molar-refractivity contribution in [3.05, 3.63) is 52.8 Å². The van der Waals surface area contributed by atoms with Gasteiger partial charge in [0.15, 0.2) is 0 Å². The number of rotatable bonds is 4. The van der Waals surface area contributed by atoms with Crippen molar-refractivity contribution in [2.45, 2.75) is 51.1 Å². The van der Waals surface area contributed by atoms with Crippen molar-refractivity contribution in [3.8, 4) is 0 Å². The standard InChI is InChI=1S/C21H30N4/c1-3-18(16-7-5-4-6-8-16)21-19-15-25(14-11-20(19)22-23-21)17-9-12-24(2)13-10-17/h4-8,17-18H,3,9-15H2,1-2H3,(H,22,23). The summed E-state index contributed by atoms with van der Waals surface area (Å²) in [4.78, 5) is 5.17. The Morgan fingerprint density at radius 1 is 1.16 bits per heavy atom. The molecule has 0 spiro atoms. The van der Waals surface area contributed by atoms with E-state index in [9.17, 15) is 0 Å². The molecule has 0 bridgehead atoms. The molecular formula is C21H30N4. The third kappa shape index (κ3) is 3.38. The normalized spacial score (nSPS) is 21.2. The Morgan fingerprint density at radius 3 is 2.64 bits per heavy atom. The molecule has 134 valence electrons. The molecule has 3 heterocycles. The van der Waals surface area contributed by atoms with Gasteiger partial charge in [0.2, 0.25) is 0 Å². The molecule has 1 saturated heterocycles. The number of hydrogen-bond acceptors (Lipinski definition) is 3. The van der Waals surface area contributed by atoms with Gasteiger partial charge >= 0.3 is 0 Å². The van der Waals surface area contributed by atoms with Gasteiger partial charge in [-0.05, 0) is 45.0 Å². The highest BCUT2D eigenvalue weighted by molar-refractivity contribution is 5.36. The minimum absolute atomic E-state index is 0.402. The van der Waals surface area contributed by atoms with Crippen LogP contribution in [0.4, 0.5) is 0 Å². The van der Waals surface area contributed by atoms with Crippen LogP contribution in [-0.4, -0.2) is 52.7 Å². The zero-order valence-electron chi connectivity index (χ0n) is 15.5. The van der Waals surface area contributed by atoms with Crippen LogP contribution < -0.4 is 0 Å². The predicted molar refractivity (Wildman–Crippen MR) is 102 cm³/mol. The van der Waals surface area contributed by atoms with E-state index < -0.39 is 0 Å². The first kappa shape index (κ1) is 16.8. The molecule has 2 aliphatic heterocycles. The van der Waals surface area contributed by atoms with E-state index >= 15 is 0 Å². The Balaban J connectivity index is 1.56. The van der Waals surface area contributed by atoms with Crippen LogP contribution in [0.2, 0.25) is 0 Å². The van der Waals surface area contributed by atoms with Gasteiger partial charge in [0.25, 0.3) is 0 Å². The minimum atomic E-state index is 0.402. The number of nitrogens with one attached hydrogen (secondary N) is 1. The Labute approximate surface area is 151 Å². The molecular weight excluding hydrogens is 308 g/mol. The number of likely N-dealkylation sites (tertiary alicyclic amines) is 1. The van der Waals surface area contributed by atoms with E-state index in [0.29, 0.717) is 5.92 Å². The van der Waals surface area contributed by atoms with Crippen LogP contribution >= 0.6 is 0 Å².